The summed E-state index contributed by atoms with van der Waals surface area (Å²) in [6.45, 7) is 0. The largest absolute Gasteiger partial charge is 0.333 e. The fraction of sp³-hybridized carbons (Fsp3) is 0.471. The first-order valence-electron chi connectivity index (χ1n) is 7.83. The van der Waals surface area contributed by atoms with E-state index in [0.717, 1.165) is 0 Å². The Morgan fingerprint density at radius 1 is 1.24 bits per heavy atom. The van der Waals surface area contributed by atoms with Gasteiger partial charge in [-0.3, -0.25) is 0 Å². The maximum absolute atomic E-state index is 4.21. The lowest BCUT2D eigenvalue weighted by atomic mass is 10.1. The van der Waals surface area contributed by atoms with E-state index in [-0.39, 0.29) is 0 Å². The van der Waals surface area contributed by atoms with Crippen LogP contribution in [0.25, 0.3) is 0 Å². The van der Waals surface area contributed by atoms with Crippen LogP contribution in [0, 0.1) is 0 Å². The Bertz CT molecular complexity index is 623. The summed E-state index contributed by atoms with van der Waals surface area (Å²) in [5.41, 5.74) is 2.99. The zero-order valence-corrected chi connectivity index (χ0v) is 13.6. The summed E-state index contributed by atoms with van der Waals surface area (Å²) < 4.78 is 3.47. The Morgan fingerprint density at radius 2 is 2.19 bits per heavy atom. The third-order valence-corrected chi connectivity index (χ3v) is 5.48. The quantitative estimate of drug-likeness (QED) is 0.910. The molecule has 0 bridgehead atoms. The minimum absolute atomic E-state index is 0.516. The van der Waals surface area contributed by atoms with Gasteiger partial charge in [0.15, 0.2) is 0 Å². The third-order valence-electron chi connectivity index (χ3n) is 4.99. The van der Waals surface area contributed by atoms with Crippen molar-refractivity contribution in [3.63, 3.8) is 0 Å². The van der Waals surface area contributed by atoms with Crippen LogP contribution in [0.4, 0.5) is 0 Å². The monoisotopic (exact) mass is 345 g/mol. The average molecular weight is 346 g/mol. The second kappa shape index (κ2) is 5.58. The number of aromatic nitrogens is 2. The van der Waals surface area contributed by atoms with Crippen molar-refractivity contribution in [3.05, 3.63) is 52.5 Å². The Kier molecular flexibility index (Phi) is 3.59. The fourth-order valence-corrected chi connectivity index (χ4v) is 4.38. The van der Waals surface area contributed by atoms with Gasteiger partial charge in [0.25, 0.3) is 0 Å². The molecule has 2 aliphatic rings. The normalized spacial score (nSPS) is 28.0. The molecule has 1 aromatic carbocycles. The summed E-state index contributed by atoms with van der Waals surface area (Å²) in [4.78, 5) is 4.21. The van der Waals surface area contributed by atoms with E-state index < -0.39 is 0 Å². The number of aryl methyl sites for hydroxylation is 1. The van der Waals surface area contributed by atoms with Crippen molar-refractivity contribution in [3.8, 4) is 0 Å². The van der Waals surface area contributed by atoms with Crippen LogP contribution in [-0.4, -0.2) is 15.6 Å². The molecule has 1 heterocycles. The highest BCUT2D eigenvalue weighted by Gasteiger charge is 2.32. The molecule has 3 atom stereocenters. The molecule has 110 valence electrons. The molecule has 0 radical (unpaired) electrons. The summed E-state index contributed by atoms with van der Waals surface area (Å²) in [5, 5.41) is 3.93. The number of halogens is 1. The highest BCUT2D eigenvalue weighted by Crippen LogP contribution is 2.37. The lowest BCUT2D eigenvalue weighted by Gasteiger charge is -2.26. The summed E-state index contributed by atoms with van der Waals surface area (Å²) in [6.07, 6.45) is 12.2. The van der Waals surface area contributed by atoms with Gasteiger partial charge in [-0.05, 0) is 55.4 Å². The Balaban J connectivity index is 1.52. The molecule has 1 N–H and O–H groups in total. The van der Waals surface area contributed by atoms with Gasteiger partial charge in [0, 0.05) is 35.0 Å². The van der Waals surface area contributed by atoms with Crippen LogP contribution >= 0.6 is 15.9 Å². The number of hydrogen-bond donors (Lipinski definition) is 1. The van der Waals surface area contributed by atoms with Gasteiger partial charge in [0.05, 0.1) is 6.33 Å². The number of nitrogens with zero attached hydrogens (tertiary/aromatic N) is 2. The zero-order valence-electron chi connectivity index (χ0n) is 12.0. The van der Waals surface area contributed by atoms with Gasteiger partial charge in [-0.15, -0.1) is 0 Å². The lowest BCUT2D eigenvalue weighted by Crippen LogP contribution is -2.35. The summed E-state index contributed by atoms with van der Waals surface area (Å²) >= 11 is 3.58. The number of fused-ring (bicyclic) bond motifs is 1. The Hall–Kier alpha value is -1.13. The third kappa shape index (κ3) is 2.55. The molecule has 1 aromatic heterocycles. The average Bonchev–Trinajstić information content (AvgIpc) is 3.19. The first-order valence-corrected chi connectivity index (χ1v) is 8.62. The summed E-state index contributed by atoms with van der Waals surface area (Å²) in [7, 11) is 0. The van der Waals surface area contributed by atoms with E-state index in [1.165, 1.54) is 47.7 Å². The second-order valence-electron chi connectivity index (χ2n) is 6.22. The van der Waals surface area contributed by atoms with Gasteiger partial charge < -0.3 is 9.88 Å². The van der Waals surface area contributed by atoms with E-state index in [1.807, 2.05) is 12.5 Å². The Labute approximate surface area is 133 Å². The van der Waals surface area contributed by atoms with E-state index in [0.29, 0.717) is 18.1 Å². The molecule has 1 saturated carbocycles. The molecule has 4 heteroatoms. The van der Waals surface area contributed by atoms with Crippen molar-refractivity contribution >= 4 is 15.9 Å². The van der Waals surface area contributed by atoms with E-state index in [9.17, 15) is 0 Å². The van der Waals surface area contributed by atoms with Gasteiger partial charge in [0.2, 0.25) is 0 Å². The van der Waals surface area contributed by atoms with E-state index in [4.69, 9.17) is 0 Å². The SMILES string of the molecule is Brc1ccc2c(c1)CCC2NC1CCCC1n1ccnc1. The minimum atomic E-state index is 0.516. The molecule has 4 rings (SSSR count). The van der Waals surface area contributed by atoms with Gasteiger partial charge in [-0.2, -0.15) is 0 Å². The standard InChI is InChI=1S/C17H20BrN3/c18-13-5-6-14-12(10-13)4-7-15(14)20-16-2-1-3-17(16)21-9-8-19-11-21/h5-6,8-11,15-17,20H,1-4,7H2. The Morgan fingerprint density at radius 3 is 3.05 bits per heavy atom. The molecule has 0 spiro atoms. The highest BCUT2D eigenvalue weighted by molar-refractivity contribution is 9.10. The number of nitrogens with one attached hydrogen (secondary N) is 1. The maximum Gasteiger partial charge on any atom is 0.0949 e. The summed E-state index contributed by atoms with van der Waals surface area (Å²) in [6, 6.07) is 8.37. The van der Waals surface area contributed by atoms with Crippen molar-refractivity contribution in [2.45, 2.75) is 50.2 Å². The number of rotatable bonds is 3. The van der Waals surface area contributed by atoms with Crippen LogP contribution in [0.2, 0.25) is 0 Å². The first-order chi connectivity index (χ1) is 10.3. The van der Waals surface area contributed by atoms with Crippen molar-refractivity contribution < 1.29 is 0 Å². The molecule has 0 amide bonds. The molecular weight excluding hydrogens is 326 g/mol. The fourth-order valence-electron chi connectivity index (χ4n) is 3.97. The van der Waals surface area contributed by atoms with E-state index in [2.05, 4.69) is 55.2 Å². The van der Waals surface area contributed by atoms with E-state index in [1.54, 1.807) is 0 Å². The van der Waals surface area contributed by atoms with Crippen molar-refractivity contribution in [2.75, 3.05) is 0 Å². The smallest absolute Gasteiger partial charge is 0.0949 e. The van der Waals surface area contributed by atoms with Crippen LogP contribution in [0.3, 0.4) is 0 Å². The minimum Gasteiger partial charge on any atom is -0.333 e. The second-order valence-corrected chi connectivity index (χ2v) is 7.13. The summed E-state index contributed by atoms with van der Waals surface area (Å²) in [5.74, 6) is 0. The van der Waals surface area contributed by atoms with Crippen molar-refractivity contribution in [1.29, 1.82) is 0 Å². The van der Waals surface area contributed by atoms with Crippen LogP contribution in [-0.2, 0) is 6.42 Å². The molecule has 2 aliphatic carbocycles. The number of benzene rings is 1. The van der Waals surface area contributed by atoms with Gasteiger partial charge in [0.1, 0.15) is 0 Å². The lowest BCUT2D eigenvalue weighted by molar-refractivity contribution is 0.352. The maximum atomic E-state index is 4.21. The molecule has 3 unspecified atom stereocenters. The molecular formula is C17H20BrN3. The van der Waals surface area contributed by atoms with Crippen LogP contribution in [0.15, 0.2) is 41.4 Å². The van der Waals surface area contributed by atoms with Gasteiger partial charge in [-0.25, -0.2) is 4.98 Å². The number of imidazole rings is 1. The highest BCUT2D eigenvalue weighted by atomic mass is 79.9. The molecule has 21 heavy (non-hydrogen) atoms. The predicted octanol–water partition coefficient (Wildman–Crippen LogP) is 4.02. The molecule has 3 nitrogen and oxygen atoms in total. The van der Waals surface area contributed by atoms with Crippen molar-refractivity contribution in [2.24, 2.45) is 0 Å². The van der Waals surface area contributed by atoms with Crippen LogP contribution in [0.5, 0.6) is 0 Å². The zero-order chi connectivity index (χ0) is 14.2. The number of hydrogen-bond acceptors (Lipinski definition) is 2. The van der Waals surface area contributed by atoms with Gasteiger partial charge >= 0.3 is 0 Å². The first kappa shape index (κ1) is 13.5. The van der Waals surface area contributed by atoms with Crippen molar-refractivity contribution in [1.82, 2.24) is 14.9 Å². The predicted molar refractivity (Wildman–Crippen MR) is 87.2 cm³/mol. The molecule has 2 aromatic rings. The van der Waals surface area contributed by atoms with Crippen LogP contribution < -0.4 is 5.32 Å². The molecule has 0 saturated heterocycles. The van der Waals surface area contributed by atoms with E-state index >= 15 is 0 Å². The molecule has 1 fully saturated rings. The van der Waals surface area contributed by atoms with Crippen LogP contribution in [0.1, 0.15) is 48.9 Å². The topological polar surface area (TPSA) is 29.9 Å². The van der Waals surface area contributed by atoms with Gasteiger partial charge in [-0.1, -0.05) is 22.0 Å². The molecule has 0 aliphatic heterocycles.